The van der Waals surface area contributed by atoms with E-state index in [4.69, 9.17) is 21.1 Å². The Balaban J connectivity index is 1.70. The fourth-order valence-corrected chi connectivity index (χ4v) is 3.83. The minimum atomic E-state index is -0.711. The van der Waals surface area contributed by atoms with E-state index in [2.05, 4.69) is 10.6 Å². The van der Waals surface area contributed by atoms with E-state index < -0.39 is 18.0 Å². The second-order valence-corrected chi connectivity index (χ2v) is 7.77. The third kappa shape index (κ3) is 5.18. The number of hydrogen-bond acceptors (Lipinski definition) is 4. The second kappa shape index (κ2) is 10.2. The molecule has 0 fully saturated rings. The van der Waals surface area contributed by atoms with Crippen molar-refractivity contribution in [3.05, 3.63) is 106 Å². The van der Waals surface area contributed by atoms with Gasteiger partial charge in [-0.25, -0.2) is 9.59 Å². The van der Waals surface area contributed by atoms with Crippen molar-refractivity contribution in [2.24, 2.45) is 0 Å². The Morgan fingerprint density at radius 2 is 1.76 bits per heavy atom. The van der Waals surface area contributed by atoms with Crippen molar-refractivity contribution >= 4 is 29.3 Å². The van der Waals surface area contributed by atoms with Gasteiger partial charge in [0.25, 0.3) is 0 Å². The van der Waals surface area contributed by atoms with Crippen molar-refractivity contribution in [2.75, 3.05) is 6.61 Å². The predicted octanol–water partition coefficient (Wildman–Crippen LogP) is 5.25. The maximum Gasteiger partial charge on any atom is 0.338 e. The summed E-state index contributed by atoms with van der Waals surface area (Å²) in [7, 11) is 0. The Labute approximate surface area is 197 Å². The normalized spacial score (nSPS) is 15.5. The monoisotopic (exact) mass is 462 g/mol. The van der Waals surface area contributed by atoms with Gasteiger partial charge in [-0.2, -0.15) is 0 Å². The molecule has 33 heavy (non-hydrogen) atoms. The van der Waals surface area contributed by atoms with Crippen LogP contribution in [-0.4, -0.2) is 18.6 Å². The third-order valence-electron chi connectivity index (χ3n) is 5.17. The predicted molar refractivity (Wildman–Crippen MR) is 127 cm³/mol. The number of esters is 1. The number of ether oxygens (including phenoxy) is 2. The molecule has 0 saturated heterocycles. The van der Waals surface area contributed by atoms with E-state index in [0.717, 1.165) is 5.56 Å². The number of carbonyl (C=O) groups excluding carboxylic acids is 2. The van der Waals surface area contributed by atoms with Crippen LogP contribution in [0.2, 0.25) is 5.02 Å². The van der Waals surface area contributed by atoms with Gasteiger partial charge >= 0.3 is 12.0 Å². The molecule has 1 aliphatic heterocycles. The molecule has 0 aliphatic carbocycles. The van der Waals surface area contributed by atoms with Crippen molar-refractivity contribution in [3.8, 4) is 5.75 Å². The minimum Gasteiger partial charge on any atom is -0.489 e. The Kier molecular flexibility index (Phi) is 6.95. The lowest BCUT2D eigenvalue weighted by Crippen LogP contribution is -2.45. The van der Waals surface area contributed by atoms with E-state index in [-0.39, 0.29) is 13.2 Å². The van der Waals surface area contributed by atoms with Gasteiger partial charge in [-0.3, -0.25) is 0 Å². The smallest absolute Gasteiger partial charge is 0.338 e. The van der Waals surface area contributed by atoms with E-state index in [1.165, 1.54) is 0 Å². The summed E-state index contributed by atoms with van der Waals surface area (Å²) in [5.41, 5.74) is 3.01. The average Bonchev–Trinajstić information content (AvgIpc) is 2.84. The van der Waals surface area contributed by atoms with Crippen molar-refractivity contribution in [1.82, 2.24) is 10.6 Å². The van der Waals surface area contributed by atoms with Crippen molar-refractivity contribution < 1.29 is 19.1 Å². The van der Waals surface area contributed by atoms with Gasteiger partial charge < -0.3 is 20.1 Å². The summed E-state index contributed by atoms with van der Waals surface area (Å²) in [6.07, 6.45) is 0. The number of benzene rings is 3. The Morgan fingerprint density at radius 1 is 1.00 bits per heavy atom. The molecule has 6 nitrogen and oxygen atoms in total. The molecule has 1 unspecified atom stereocenters. The average molecular weight is 463 g/mol. The van der Waals surface area contributed by atoms with Gasteiger partial charge in [-0.15, -0.1) is 0 Å². The summed E-state index contributed by atoms with van der Waals surface area (Å²) in [6.45, 7) is 2.25. The molecule has 0 spiro atoms. The molecule has 1 atom stereocenters. The van der Waals surface area contributed by atoms with Gasteiger partial charge in [-0.05, 0) is 36.2 Å². The summed E-state index contributed by atoms with van der Waals surface area (Å²) in [5, 5.41) is 6.24. The molecular weight excluding hydrogens is 440 g/mol. The molecular formula is C26H23ClN2O4. The zero-order valence-electron chi connectivity index (χ0n) is 18.0. The highest BCUT2D eigenvalue weighted by molar-refractivity contribution is 6.31. The van der Waals surface area contributed by atoms with Gasteiger partial charge in [0.1, 0.15) is 12.4 Å². The first-order chi connectivity index (χ1) is 16.1. The summed E-state index contributed by atoms with van der Waals surface area (Å²) < 4.78 is 11.3. The summed E-state index contributed by atoms with van der Waals surface area (Å²) in [6, 6.07) is 22.8. The first kappa shape index (κ1) is 22.4. The van der Waals surface area contributed by atoms with Crippen molar-refractivity contribution in [3.63, 3.8) is 0 Å². The topological polar surface area (TPSA) is 76.7 Å². The van der Waals surface area contributed by atoms with E-state index >= 15 is 0 Å². The van der Waals surface area contributed by atoms with Gasteiger partial charge in [0.15, 0.2) is 0 Å². The molecule has 3 aromatic rings. The van der Waals surface area contributed by atoms with Crippen LogP contribution in [0, 0.1) is 0 Å². The van der Waals surface area contributed by atoms with E-state index in [1.807, 2.05) is 72.8 Å². The molecule has 0 saturated carbocycles. The second-order valence-electron chi connectivity index (χ2n) is 7.36. The number of halogens is 1. The lowest BCUT2D eigenvalue weighted by molar-refractivity contribution is -0.138. The van der Waals surface area contributed by atoms with Crippen LogP contribution in [0.1, 0.15) is 29.7 Å². The maximum atomic E-state index is 13.0. The third-order valence-corrected chi connectivity index (χ3v) is 5.54. The van der Waals surface area contributed by atoms with Crippen LogP contribution in [0.4, 0.5) is 4.79 Å². The van der Waals surface area contributed by atoms with Crippen LogP contribution in [0.25, 0.3) is 5.70 Å². The van der Waals surface area contributed by atoms with Gasteiger partial charge in [0.05, 0.1) is 23.9 Å². The molecule has 1 heterocycles. The number of carbonyl (C=O) groups is 2. The van der Waals surface area contributed by atoms with Crippen LogP contribution in [0.3, 0.4) is 0 Å². The SMILES string of the molecule is CCOC(=O)C1=C(c2ccccc2)NC(=O)NC1c1cccc(OCc2ccccc2Cl)c1. The van der Waals surface area contributed by atoms with Crippen LogP contribution >= 0.6 is 11.6 Å². The molecule has 168 valence electrons. The van der Waals surface area contributed by atoms with E-state index in [1.54, 1.807) is 13.0 Å². The maximum absolute atomic E-state index is 13.0. The minimum absolute atomic E-state index is 0.214. The van der Waals surface area contributed by atoms with E-state index in [9.17, 15) is 9.59 Å². The largest absolute Gasteiger partial charge is 0.489 e. The van der Waals surface area contributed by atoms with Crippen molar-refractivity contribution in [2.45, 2.75) is 19.6 Å². The number of hydrogen-bond donors (Lipinski definition) is 2. The molecule has 3 aromatic carbocycles. The molecule has 2 amide bonds. The fourth-order valence-electron chi connectivity index (χ4n) is 3.64. The van der Waals surface area contributed by atoms with Crippen LogP contribution in [0.15, 0.2) is 84.4 Å². The standard InChI is InChI=1S/C26H23ClN2O4/c1-2-32-25(30)22-23(17-9-4-3-5-10-17)28-26(31)29-24(22)18-12-8-13-20(15-18)33-16-19-11-6-7-14-21(19)27/h3-15,24H,2,16H2,1H3,(H2,28,29,31). The van der Waals surface area contributed by atoms with Crippen LogP contribution in [-0.2, 0) is 16.1 Å². The van der Waals surface area contributed by atoms with Crippen molar-refractivity contribution in [1.29, 1.82) is 0 Å². The summed E-state index contributed by atoms with van der Waals surface area (Å²) in [4.78, 5) is 25.5. The van der Waals surface area contributed by atoms with Gasteiger partial charge in [0.2, 0.25) is 0 Å². The fraction of sp³-hybridized carbons (Fsp3) is 0.154. The zero-order chi connectivity index (χ0) is 23.2. The van der Waals surface area contributed by atoms with Gasteiger partial charge in [-0.1, -0.05) is 72.3 Å². The lowest BCUT2D eigenvalue weighted by Gasteiger charge is -2.29. The molecule has 0 aromatic heterocycles. The zero-order valence-corrected chi connectivity index (χ0v) is 18.8. The Morgan fingerprint density at radius 3 is 2.52 bits per heavy atom. The molecule has 4 rings (SSSR count). The first-order valence-corrected chi connectivity index (χ1v) is 10.9. The highest BCUT2D eigenvalue weighted by Gasteiger charge is 2.34. The molecule has 0 bridgehead atoms. The highest BCUT2D eigenvalue weighted by atomic mass is 35.5. The number of rotatable bonds is 7. The molecule has 1 aliphatic rings. The van der Waals surface area contributed by atoms with Crippen LogP contribution < -0.4 is 15.4 Å². The van der Waals surface area contributed by atoms with Gasteiger partial charge in [0, 0.05) is 10.6 Å². The first-order valence-electron chi connectivity index (χ1n) is 10.6. The van der Waals surface area contributed by atoms with E-state index in [0.29, 0.717) is 33.2 Å². The Bertz CT molecular complexity index is 1190. The summed E-state index contributed by atoms with van der Waals surface area (Å²) >= 11 is 6.23. The Hall–Kier alpha value is -3.77. The molecule has 7 heteroatoms. The number of nitrogens with one attached hydrogen (secondary N) is 2. The molecule has 2 N–H and O–H groups in total. The number of amides is 2. The number of urea groups is 1. The molecule has 0 radical (unpaired) electrons. The highest BCUT2D eigenvalue weighted by Crippen LogP contribution is 2.33. The quantitative estimate of drug-likeness (QED) is 0.470. The lowest BCUT2D eigenvalue weighted by atomic mass is 9.92. The van der Waals surface area contributed by atoms with Crippen LogP contribution in [0.5, 0.6) is 5.75 Å². The summed E-state index contributed by atoms with van der Waals surface area (Å²) in [5.74, 6) is 0.0842.